The van der Waals surface area contributed by atoms with E-state index in [2.05, 4.69) is 40.6 Å². The molecular formula is C22H21N3OS. The first-order chi connectivity index (χ1) is 13.3. The molecule has 0 aromatic heterocycles. The number of nitrogens with one attached hydrogen (secondary N) is 2. The quantitative estimate of drug-likeness (QED) is 0.278. The molecule has 0 saturated carbocycles. The molecule has 0 aliphatic rings. The third-order valence-corrected chi connectivity index (χ3v) is 4.17. The van der Waals surface area contributed by atoms with Gasteiger partial charge in [-0.3, -0.25) is 5.43 Å². The molecule has 0 spiro atoms. The van der Waals surface area contributed by atoms with Crippen molar-refractivity contribution in [2.45, 2.75) is 6.61 Å². The van der Waals surface area contributed by atoms with Crippen LogP contribution >= 0.6 is 12.2 Å². The lowest BCUT2D eigenvalue weighted by Gasteiger charge is -2.12. The van der Waals surface area contributed by atoms with Gasteiger partial charge in [-0.25, -0.2) is 0 Å². The van der Waals surface area contributed by atoms with Gasteiger partial charge in [0.25, 0.3) is 0 Å². The van der Waals surface area contributed by atoms with Crippen LogP contribution in [-0.4, -0.2) is 17.9 Å². The van der Waals surface area contributed by atoms with Crippen LogP contribution in [0.15, 0.2) is 84.5 Å². The number of hydrazone groups is 1. The average Bonchev–Trinajstić information content (AvgIpc) is 2.72. The van der Waals surface area contributed by atoms with Crippen molar-refractivity contribution in [3.05, 3.63) is 90.5 Å². The molecule has 27 heavy (non-hydrogen) atoms. The Morgan fingerprint density at radius 1 is 1.04 bits per heavy atom. The molecule has 0 radical (unpaired) electrons. The van der Waals surface area contributed by atoms with E-state index in [-0.39, 0.29) is 0 Å². The predicted molar refractivity (Wildman–Crippen MR) is 116 cm³/mol. The molecule has 0 aliphatic carbocycles. The number of benzene rings is 3. The minimum atomic E-state index is 0.443. The summed E-state index contributed by atoms with van der Waals surface area (Å²) in [6.45, 7) is 4.72. The van der Waals surface area contributed by atoms with Crippen molar-refractivity contribution in [1.29, 1.82) is 0 Å². The summed E-state index contributed by atoms with van der Waals surface area (Å²) in [7, 11) is 0. The highest BCUT2D eigenvalue weighted by molar-refractivity contribution is 7.80. The van der Waals surface area contributed by atoms with E-state index in [4.69, 9.17) is 17.0 Å². The standard InChI is InChI=1S/C22H21N3OS/c1-2-14-23-22(27)25-24-15-20-19-11-7-6-10-18(19)12-13-21(20)26-16-17-8-4-3-5-9-17/h2-13,15H,1,14,16H2,(H2,23,25,27)/b24-15+. The van der Waals surface area contributed by atoms with Crippen LogP contribution in [0.25, 0.3) is 10.8 Å². The smallest absolute Gasteiger partial charge is 0.187 e. The highest BCUT2D eigenvalue weighted by Gasteiger charge is 2.07. The summed E-state index contributed by atoms with van der Waals surface area (Å²) in [5, 5.41) is 9.88. The predicted octanol–water partition coefficient (Wildman–Crippen LogP) is 4.40. The van der Waals surface area contributed by atoms with Gasteiger partial charge in [0.1, 0.15) is 12.4 Å². The molecule has 0 fully saturated rings. The van der Waals surface area contributed by atoms with Crippen molar-refractivity contribution in [1.82, 2.24) is 10.7 Å². The van der Waals surface area contributed by atoms with Gasteiger partial charge in [0, 0.05) is 12.1 Å². The first kappa shape index (κ1) is 18.6. The van der Waals surface area contributed by atoms with Gasteiger partial charge in [0.2, 0.25) is 0 Å². The van der Waals surface area contributed by atoms with Gasteiger partial charge >= 0.3 is 0 Å². The van der Waals surface area contributed by atoms with Crippen LogP contribution in [0.4, 0.5) is 0 Å². The second-order valence-corrected chi connectivity index (χ2v) is 6.25. The molecule has 3 aromatic carbocycles. The maximum Gasteiger partial charge on any atom is 0.187 e. The van der Waals surface area contributed by atoms with Crippen LogP contribution in [0.3, 0.4) is 0 Å². The number of fused-ring (bicyclic) bond motifs is 1. The zero-order chi connectivity index (χ0) is 18.9. The lowest BCUT2D eigenvalue weighted by atomic mass is 10.0. The maximum atomic E-state index is 6.07. The molecule has 136 valence electrons. The summed E-state index contributed by atoms with van der Waals surface area (Å²) in [5.41, 5.74) is 4.84. The van der Waals surface area contributed by atoms with Crippen LogP contribution in [0.1, 0.15) is 11.1 Å². The summed E-state index contributed by atoms with van der Waals surface area (Å²) >= 11 is 5.16. The molecule has 0 heterocycles. The number of hydrogen-bond donors (Lipinski definition) is 2. The van der Waals surface area contributed by atoms with Crippen molar-refractivity contribution in [3.63, 3.8) is 0 Å². The van der Waals surface area contributed by atoms with Gasteiger partial charge in [-0.05, 0) is 34.6 Å². The number of thiocarbonyl (C=S) groups is 1. The molecule has 0 bridgehead atoms. The van der Waals surface area contributed by atoms with E-state index in [1.165, 1.54) is 0 Å². The zero-order valence-corrected chi connectivity index (χ0v) is 15.7. The first-order valence-electron chi connectivity index (χ1n) is 8.64. The summed E-state index contributed by atoms with van der Waals surface area (Å²) in [6.07, 6.45) is 3.47. The Hall–Kier alpha value is -3.18. The Balaban J connectivity index is 1.83. The third kappa shape index (κ3) is 5.15. The minimum absolute atomic E-state index is 0.443. The molecule has 5 heteroatoms. The summed E-state index contributed by atoms with van der Waals surface area (Å²) < 4.78 is 6.07. The second kappa shape index (κ2) is 9.50. The summed E-state index contributed by atoms with van der Waals surface area (Å²) in [5.74, 6) is 0.771. The van der Waals surface area contributed by atoms with E-state index < -0.39 is 0 Å². The Morgan fingerprint density at radius 3 is 2.63 bits per heavy atom. The molecule has 3 aromatic rings. The van der Waals surface area contributed by atoms with Gasteiger partial charge in [0.05, 0.1) is 6.21 Å². The highest BCUT2D eigenvalue weighted by atomic mass is 32.1. The Labute approximate surface area is 164 Å². The van der Waals surface area contributed by atoms with Crippen LogP contribution < -0.4 is 15.5 Å². The molecule has 0 saturated heterocycles. The van der Waals surface area contributed by atoms with E-state index in [1.807, 2.05) is 48.5 Å². The van der Waals surface area contributed by atoms with Crippen LogP contribution in [0.5, 0.6) is 5.75 Å². The number of hydrogen-bond acceptors (Lipinski definition) is 3. The first-order valence-corrected chi connectivity index (χ1v) is 9.05. The molecular weight excluding hydrogens is 354 g/mol. The monoisotopic (exact) mass is 375 g/mol. The Bertz CT molecular complexity index is 954. The summed E-state index contributed by atoms with van der Waals surface area (Å²) in [4.78, 5) is 0. The molecule has 2 N–H and O–H groups in total. The van der Waals surface area contributed by atoms with Gasteiger partial charge in [-0.2, -0.15) is 5.10 Å². The number of rotatable bonds is 7. The average molecular weight is 375 g/mol. The molecule has 4 nitrogen and oxygen atoms in total. The lowest BCUT2D eigenvalue weighted by Crippen LogP contribution is -2.31. The number of nitrogens with zero attached hydrogens (tertiary/aromatic N) is 1. The largest absolute Gasteiger partial charge is 0.488 e. The van der Waals surface area contributed by atoms with Gasteiger partial charge < -0.3 is 10.1 Å². The summed E-state index contributed by atoms with van der Waals surface area (Å²) in [6, 6.07) is 22.2. The fourth-order valence-corrected chi connectivity index (χ4v) is 2.77. The molecule has 3 rings (SSSR count). The normalized spacial score (nSPS) is 10.7. The molecule has 0 amide bonds. The van der Waals surface area contributed by atoms with E-state index in [0.717, 1.165) is 27.6 Å². The lowest BCUT2D eigenvalue weighted by molar-refractivity contribution is 0.306. The van der Waals surface area contributed by atoms with Crippen LogP contribution in [0.2, 0.25) is 0 Å². The van der Waals surface area contributed by atoms with E-state index in [9.17, 15) is 0 Å². The van der Waals surface area contributed by atoms with Gasteiger partial charge in [-0.1, -0.05) is 66.7 Å². The van der Waals surface area contributed by atoms with E-state index in [0.29, 0.717) is 18.3 Å². The third-order valence-electron chi connectivity index (χ3n) is 3.93. The van der Waals surface area contributed by atoms with Crippen LogP contribution in [-0.2, 0) is 6.61 Å². The van der Waals surface area contributed by atoms with Crippen molar-refractivity contribution in [2.75, 3.05) is 6.54 Å². The van der Waals surface area contributed by atoms with Crippen molar-refractivity contribution >= 4 is 34.3 Å². The Morgan fingerprint density at radius 2 is 1.81 bits per heavy atom. The minimum Gasteiger partial charge on any atom is -0.488 e. The van der Waals surface area contributed by atoms with Gasteiger partial charge in [-0.15, -0.1) is 6.58 Å². The SMILES string of the molecule is C=CCNC(=S)N/N=C/c1c(OCc2ccccc2)ccc2ccccc12. The van der Waals surface area contributed by atoms with E-state index >= 15 is 0 Å². The zero-order valence-electron chi connectivity index (χ0n) is 14.9. The van der Waals surface area contributed by atoms with E-state index in [1.54, 1.807) is 12.3 Å². The van der Waals surface area contributed by atoms with Gasteiger partial charge in [0.15, 0.2) is 5.11 Å². The molecule has 0 aliphatic heterocycles. The fraction of sp³-hybridized carbons (Fsp3) is 0.0909. The van der Waals surface area contributed by atoms with Crippen molar-refractivity contribution < 1.29 is 4.74 Å². The maximum absolute atomic E-state index is 6.07. The number of ether oxygens (including phenoxy) is 1. The molecule has 0 atom stereocenters. The Kier molecular flexibility index (Phi) is 6.55. The van der Waals surface area contributed by atoms with Crippen LogP contribution in [0, 0.1) is 0 Å². The fourth-order valence-electron chi connectivity index (χ4n) is 2.63. The van der Waals surface area contributed by atoms with Crippen molar-refractivity contribution in [2.24, 2.45) is 5.10 Å². The van der Waals surface area contributed by atoms with Crippen molar-refractivity contribution in [3.8, 4) is 5.75 Å². The topological polar surface area (TPSA) is 45.7 Å². The highest BCUT2D eigenvalue weighted by Crippen LogP contribution is 2.27. The second-order valence-electron chi connectivity index (χ2n) is 5.84. The molecule has 0 unspecified atom stereocenters.